The highest BCUT2D eigenvalue weighted by Gasteiger charge is 2.50. The molecule has 1 heterocycles. The van der Waals surface area contributed by atoms with E-state index in [0.717, 1.165) is 0 Å². The Morgan fingerprint density at radius 1 is 0.969 bits per heavy atom. The summed E-state index contributed by atoms with van der Waals surface area (Å²) in [5, 5.41) is 68.4. The van der Waals surface area contributed by atoms with Gasteiger partial charge in [0.25, 0.3) is 0 Å². The lowest BCUT2D eigenvalue weighted by Gasteiger charge is -2.44. The van der Waals surface area contributed by atoms with Crippen molar-refractivity contribution in [2.75, 3.05) is 19.8 Å². The Bertz CT molecular complexity index is 562. The minimum Gasteiger partial charge on any atom is -0.394 e. The fraction of sp³-hybridized carbons (Fsp3) is 1.00. The number of rotatable bonds is 11. The second-order valence-electron chi connectivity index (χ2n) is 8.30. The van der Waals surface area contributed by atoms with E-state index in [4.69, 9.17) is 41.3 Å². The van der Waals surface area contributed by atoms with Crippen LogP contribution in [0.3, 0.4) is 0 Å². The van der Waals surface area contributed by atoms with Gasteiger partial charge in [-0.1, -0.05) is 0 Å². The maximum Gasteiger partial charge on any atom is 0.187 e. The van der Waals surface area contributed by atoms with E-state index >= 15 is 0 Å². The van der Waals surface area contributed by atoms with Crippen molar-refractivity contribution < 1.29 is 54.7 Å². The average Bonchev–Trinajstić information content (AvgIpc) is 3.03. The maximum absolute atomic E-state index is 10.6. The zero-order chi connectivity index (χ0) is 24.2. The van der Waals surface area contributed by atoms with Crippen molar-refractivity contribution in [3.63, 3.8) is 0 Å². The van der Waals surface area contributed by atoms with Gasteiger partial charge in [0.15, 0.2) is 12.6 Å². The SMILES string of the molecule is CC(N)[C@H](OC(CO)[C@@H](O)CO)O[C@@H]1C(N)C[C@@H](N)C(O)C1O[C@@H]1O[C@H](CO)C(O)C1O. The highest BCUT2D eigenvalue weighted by atomic mass is 16.7. The molecular formula is C18H37N3O11. The van der Waals surface area contributed by atoms with Gasteiger partial charge >= 0.3 is 0 Å². The van der Waals surface area contributed by atoms with Crippen LogP contribution in [0.4, 0.5) is 0 Å². The summed E-state index contributed by atoms with van der Waals surface area (Å²) in [5.74, 6) is 0. The van der Waals surface area contributed by atoms with E-state index in [9.17, 15) is 30.6 Å². The van der Waals surface area contributed by atoms with Crippen molar-refractivity contribution in [1.29, 1.82) is 0 Å². The molecule has 1 aliphatic carbocycles. The monoisotopic (exact) mass is 471 g/mol. The van der Waals surface area contributed by atoms with E-state index in [1.165, 1.54) is 6.92 Å². The first-order chi connectivity index (χ1) is 15.0. The molecule has 1 saturated carbocycles. The molecule has 0 aromatic heterocycles. The summed E-state index contributed by atoms with van der Waals surface area (Å²) in [7, 11) is 0. The van der Waals surface area contributed by atoms with Gasteiger partial charge in [-0.15, -0.1) is 0 Å². The number of nitrogens with two attached hydrogens (primary N) is 3. The minimum atomic E-state index is -1.52. The van der Waals surface area contributed by atoms with Crippen LogP contribution in [0, 0.1) is 0 Å². The summed E-state index contributed by atoms with van der Waals surface area (Å²) in [6.07, 6.45) is -12.8. The Labute approximate surface area is 185 Å². The Balaban J connectivity index is 2.20. The van der Waals surface area contributed by atoms with Crippen LogP contribution in [-0.2, 0) is 18.9 Å². The summed E-state index contributed by atoms with van der Waals surface area (Å²) in [6.45, 7) is -0.352. The van der Waals surface area contributed by atoms with Crippen LogP contribution in [0.25, 0.3) is 0 Å². The fourth-order valence-corrected chi connectivity index (χ4v) is 3.72. The predicted octanol–water partition coefficient (Wildman–Crippen LogP) is -5.98. The van der Waals surface area contributed by atoms with Crippen LogP contribution in [0.15, 0.2) is 0 Å². The van der Waals surface area contributed by atoms with Crippen LogP contribution in [-0.4, -0.2) is 135 Å². The maximum atomic E-state index is 10.6. The van der Waals surface area contributed by atoms with E-state index in [1.54, 1.807) is 0 Å². The van der Waals surface area contributed by atoms with Crippen molar-refractivity contribution in [2.45, 2.75) is 92.9 Å². The number of aliphatic hydroxyl groups excluding tert-OH is 7. The van der Waals surface area contributed by atoms with Crippen LogP contribution in [0.1, 0.15) is 13.3 Å². The molecule has 0 spiro atoms. The molecule has 13 atom stereocenters. The summed E-state index contributed by atoms with van der Waals surface area (Å²) in [5.41, 5.74) is 18.1. The summed E-state index contributed by atoms with van der Waals surface area (Å²) in [4.78, 5) is 0. The fourth-order valence-electron chi connectivity index (χ4n) is 3.72. The normalized spacial score (nSPS) is 41.9. The highest BCUT2D eigenvalue weighted by Crippen LogP contribution is 2.30. The van der Waals surface area contributed by atoms with Crippen molar-refractivity contribution in [2.24, 2.45) is 17.2 Å². The van der Waals surface area contributed by atoms with Crippen molar-refractivity contribution in [3.8, 4) is 0 Å². The van der Waals surface area contributed by atoms with Crippen LogP contribution in [0.2, 0.25) is 0 Å². The number of aliphatic hydroxyl groups is 7. The molecular weight excluding hydrogens is 434 g/mol. The Kier molecular flexibility index (Phi) is 10.6. The van der Waals surface area contributed by atoms with Crippen molar-refractivity contribution in [1.82, 2.24) is 0 Å². The Morgan fingerprint density at radius 2 is 1.62 bits per heavy atom. The average molecular weight is 472 g/mol. The van der Waals surface area contributed by atoms with E-state index in [-0.39, 0.29) is 6.42 Å². The zero-order valence-electron chi connectivity index (χ0n) is 17.8. The lowest BCUT2D eigenvalue weighted by molar-refractivity contribution is -0.287. The molecule has 0 aromatic rings. The molecule has 0 bridgehead atoms. The smallest absolute Gasteiger partial charge is 0.187 e. The van der Waals surface area contributed by atoms with Gasteiger partial charge in [-0.05, 0) is 13.3 Å². The van der Waals surface area contributed by atoms with Crippen LogP contribution < -0.4 is 17.2 Å². The van der Waals surface area contributed by atoms with Gasteiger partial charge < -0.3 is 71.9 Å². The van der Waals surface area contributed by atoms with E-state index in [2.05, 4.69) is 0 Å². The number of hydrogen-bond donors (Lipinski definition) is 10. The first-order valence-electron chi connectivity index (χ1n) is 10.5. The first-order valence-corrected chi connectivity index (χ1v) is 10.5. The van der Waals surface area contributed by atoms with Gasteiger partial charge in [-0.2, -0.15) is 0 Å². The number of hydrogen-bond acceptors (Lipinski definition) is 14. The molecule has 13 N–H and O–H groups in total. The van der Waals surface area contributed by atoms with E-state index < -0.39 is 99.4 Å². The molecule has 14 heteroatoms. The molecule has 7 unspecified atom stereocenters. The summed E-state index contributed by atoms with van der Waals surface area (Å²) in [6, 6.07) is -2.39. The van der Waals surface area contributed by atoms with Gasteiger partial charge in [0.05, 0.1) is 32.0 Å². The molecule has 190 valence electrons. The van der Waals surface area contributed by atoms with Crippen LogP contribution >= 0.6 is 0 Å². The second-order valence-corrected chi connectivity index (χ2v) is 8.30. The summed E-state index contributed by atoms with van der Waals surface area (Å²) < 4.78 is 22.4. The van der Waals surface area contributed by atoms with E-state index in [1.807, 2.05) is 0 Å². The molecule has 1 aliphatic heterocycles. The topological polar surface area (TPSA) is 257 Å². The number of ether oxygens (including phenoxy) is 4. The van der Waals surface area contributed by atoms with Crippen LogP contribution in [0.5, 0.6) is 0 Å². The van der Waals surface area contributed by atoms with Gasteiger partial charge in [-0.3, -0.25) is 0 Å². The van der Waals surface area contributed by atoms with Crippen molar-refractivity contribution >= 4 is 0 Å². The third-order valence-corrected chi connectivity index (χ3v) is 5.68. The predicted molar refractivity (Wildman–Crippen MR) is 107 cm³/mol. The molecule has 0 radical (unpaired) electrons. The lowest BCUT2D eigenvalue weighted by Crippen LogP contribution is -2.65. The van der Waals surface area contributed by atoms with Gasteiger partial charge in [0, 0.05) is 12.1 Å². The Morgan fingerprint density at radius 3 is 2.12 bits per heavy atom. The highest BCUT2D eigenvalue weighted by molar-refractivity contribution is 5.00. The zero-order valence-corrected chi connectivity index (χ0v) is 17.8. The second kappa shape index (κ2) is 12.2. The quantitative estimate of drug-likeness (QED) is 0.126. The third kappa shape index (κ3) is 6.31. The minimum absolute atomic E-state index is 0.135. The van der Waals surface area contributed by atoms with Crippen molar-refractivity contribution in [3.05, 3.63) is 0 Å². The third-order valence-electron chi connectivity index (χ3n) is 5.68. The molecule has 0 amide bonds. The largest absolute Gasteiger partial charge is 0.394 e. The molecule has 32 heavy (non-hydrogen) atoms. The van der Waals surface area contributed by atoms with Gasteiger partial charge in [0.2, 0.25) is 0 Å². The molecule has 1 saturated heterocycles. The van der Waals surface area contributed by atoms with Gasteiger partial charge in [0.1, 0.15) is 42.7 Å². The first kappa shape index (κ1) is 27.7. The van der Waals surface area contributed by atoms with Gasteiger partial charge in [-0.25, -0.2) is 0 Å². The summed E-state index contributed by atoms with van der Waals surface area (Å²) >= 11 is 0. The molecule has 0 aromatic carbocycles. The standard InChI is InChI=1S/C18H37N3O11/c1-6(19)17(29-10(4-23)9(25)3-22)31-15-8(21)2-7(20)12(26)16(15)32-18-14(28)13(27)11(5-24)30-18/h6-18,22-28H,2-5,19-21H2,1H3/t6?,7-,8?,9+,10?,11-,12?,13?,14?,15-,16?,17-,18+/m1/s1. The lowest BCUT2D eigenvalue weighted by atomic mass is 9.84. The Hall–Kier alpha value is -0.560. The molecule has 2 aliphatic rings. The van der Waals surface area contributed by atoms with E-state index in [0.29, 0.717) is 0 Å². The molecule has 2 fully saturated rings. The molecule has 2 rings (SSSR count). The molecule has 14 nitrogen and oxygen atoms in total.